The highest BCUT2D eigenvalue weighted by atomic mass is 35.5. The van der Waals surface area contributed by atoms with E-state index in [2.05, 4.69) is 26.8 Å². The highest BCUT2D eigenvalue weighted by Gasteiger charge is 2.35. The summed E-state index contributed by atoms with van der Waals surface area (Å²) < 4.78 is 5.97. The molecule has 5 rings (SSSR count). The van der Waals surface area contributed by atoms with Gasteiger partial charge in [0.1, 0.15) is 18.4 Å². The zero-order valence-electron chi connectivity index (χ0n) is 16.1. The van der Waals surface area contributed by atoms with Crippen molar-refractivity contribution in [2.45, 2.75) is 13.0 Å². The zero-order valence-corrected chi connectivity index (χ0v) is 16.9. The highest BCUT2D eigenvalue weighted by molar-refractivity contribution is 6.34. The first-order valence-electron chi connectivity index (χ1n) is 9.80. The van der Waals surface area contributed by atoms with Crippen LogP contribution in [0, 0.1) is 0 Å². The first-order chi connectivity index (χ1) is 14.1. The normalized spacial score (nSPS) is 21.0. The van der Waals surface area contributed by atoms with Crippen LogP contribution in [0.5, 0.6) is 5.75 Å². The number of amidine groups is 1. The fraction of sp³-hybridized carbons (Fsp3) is 0.333. The maximum Gasteiger partial charge on any atom is 0.262 e. The average Bonchev–Trinajstić information content (AvgIpc) is 2.76. The summed E-state index contributed by atoms with van der Waals surface area (Å²) in [7, 11) is 0. The molecule has 1 amide bonds. The van der Waals surface area contributed by atoms with Gasteiger partial charge < -0.3 is 19.9 Å². The topological polar surface area (TPSA) is 69.2 Å². The van der Waals surface area contributed by atoms with E-state index in [4.69, 9.17) is 16.3 Å². The summed E-state index contributed by atoms with van der Waals surface area (Å²) in [6.07, 6.45) is 0. The van der Waals surface area contributed by atoms with E-state index in [1.807, 2.05) is 42.2 Å². The molecule has 2 aromatic carbocycles. The predicted octanol–water partition coefficient (Wildman–Crippen LogP) is 2.45. The van der Waals surface area contributed by atoms with Gasteiger partial charge in [-0.2, -0.15) is 5.10 Å². The van der Waals surface area contributed by atoms with Gasteiger partial charge in [0.05, 0.1) is 10.7 Å². The maximum atomic E-state index is 12.1. The lowest BCUT2D eigenvalue weighted by Crippen LogP contribution is -2.55. The second-order valence-electron chi connectivity index (χ2n) is 7.39. The molecule has 2 N–H and O–H groups in total. The Bertz CT molecular complexity index is 1000. The van der Waals surface area contributed by atoms with Gasteiger partial charge in [-0.1, -0.05) is 23.7 Å². The molecular weight excluding hydrogens is 390 g/mol. The first kappa shape index (κ1) is 18.3. The Morgan fingerprint density at radius 3 is 2.83 bits per heavy atom. The van der Waals surface area contributed by atoms with Crippen LogP contribution < -0.4 is 25.3 Å². The van der Waals surface area contributed by atoms with Crippen molar-refractivity contribution in [3.63, 3.8) is 0 Å². The third-order valence-electron chi connectivity index (χ3n) is 5.65. The second kappa shape index (κ2) is 7.24. The van der Waals surface area contributed by atoms with Gasteiger partial charge in [0.15, 0.2) is 5.84 Å². The number of hydrogen-bond acceptors (Lipinski definition) is 6. The molecule has 8 heteroatoms. The van der Waals surface area contributed by atoms with Crippen molar-refractivity contribution in [3.8, 4) is 16.9 Å². The SMILES string of the molecule is C[C@@H]1C(=O)NN=C2COc3cc(-c4c(Cl)cccc4N4CCNCC4)ccc3N21. The Balaban J connectivity index is 1.57. The number of nitrogens with one attached hydrogen (secondary N) is 2. The Morgan fingerprint density at radius 2 is 2.00 bits per heavy atom. The van der Waals surface area contributed by atoms with Crippen LogP contribution in [0.1, 0.15) is 6.92 Å². The number of carbonyl (C=O) groups is 1. The number of carbonyl (C=O) groups excluding carboxylic acids is 1. The summed E-state index contributed by atoms with van der Waals surface area (Å²) in [5, 5.41) is 8.24. The van der Waals surface area contributed by atoms with Gasteiger partial charge in [-0.25, -0.2) is 5.43 Å². The molecule has 1 saturated heterocycles. The predicted molar refractivity (Wildman–Crippen MR) is 115 cm³/mol. The number of nitrogens with zero attached hydrogens (tertiary/aromatic N) is 3. The Kier molecular flexibility index (Phi) is 4.56. The molecule has 0 aromatic heterocycles. The van der Waals surface area contributed by atoms with E-state index in [0.29, 0.717) is 17.5 Å². The third kappa shape index (κ3) is 3.10. The Hall–Kier alpha value is -2.77. The number of halogens is 1. The number of fused-ring (bicyclic) bond motifs is 3. The van der Waals surface area contributed by atoms with E-state index in [1.54, 1.807) is 0 Å². The van der Waals surface area contributed by atoms with E-state index in [-0.39, 0.29) is 11.9 Å². The van der Waals surface area contributed by atoms with Crippen LogP contribution in [-0.2, 0) is 4.79 Å². The van der Waals surface area contributed by atoms with Crippen LogP contribution in [0.25, 0.3) is 11.1 Å². The van der Waals surface area contributed by atoms with Gasteiger partial charge in [0.2, 0.25) is 0 Å². The minimum atomic E-state index is -0.340. The quantitative estimate of drug-likeness (QED) is 0.794. The molecule has 0 saturated carbocycles. The lowest BCUT2D eigenvalue weighted by atomic mass is 10.00. The summed E-state index contributed by atoms with van der Waals surface area (Å²) in [4.78, 5) is 16.4. The van der Waals surface area contributed by atoms with Crippen molar-refractivity contribution < 1.29 is 9.53 Å². The fourth-order valence-electron chi connectivity index (χ4n) is 4.15. The molecule has 7 nitrogen and oxygen atoms in total. The van der Waals surface area contributed by atoms with Crippen molar-refractivity contribution >= 4 is 34.7 Å². The van der Waals surface area contributed by atoms with E-state index >= 15 is 0 Å². The molecule has 3 heterocycles. The van der Waals surface area contributed by atoms with Crippen molar-refractivity contribution in [2.75, 3.05) is 42.6 Å². The molecule has 2 aromatic rings. The molecule has 0 unspecified atom stereocenters. The van der Waals surface area contributed by atoms with Gasteiger partial charge in [-0.05, 0) is 36.8 Å². The van der Waals surface area contributed by atoms with Crippen LogP contribution in [0.4, 0.5) is 11.4 Å². The summed E-state index contributed by atoms with van der Waals surface area (Å²) in [6, 6.07) is 11.7. The summed E-state index contributed by atoms with van der Waals surface area (Å²) >= 11 is 6.65. The summed E-state index contributed by atoms with van der Waals surface area (Å²) in [6.45, 7) is 5.97. The molecule has 0 aliphatic carbocycles. The number of hydrogen-bond donors (Lipinski definition) is 2. The van der Waals surface area contributed by atoms with E-state index in [1.165, 1.54) is 0 Å². The number of ether oxygens (including phenoxy) is 1. The lowest BCUT2D eigenvalue weighted by molar-refractivity contribution is -0.122. The molecule has 29 heavy (non-hydrogen) atoms. The van der Waals surface area contributed by atoms with E-state index in [9.17, 15) is 4.79 Å². The van der Waals surface area contributed by atoms with Crippen molar-refractivity contribution in [1.29, 1.82) is 0 Å². The molecule has 0 spiro atoms. The van der Waals surface area contributed by atoms with Gasteiger partial charge in [0, 0.05) is 37.4 Å². The number of amides is 1. The number of anilines is 2. The van der Waals surface area contributed by atoms with Crippen LogP contribution in [0.15, 0.2) is 41.5 Å². The standard InChI is InChI=1S/C21H22ClN5O2/c1-13-21(28)25-24-19-12-29-18-11-14(5-6-16(18)27(13)19)20-15(22)3-2-4-17(20)26-9-7-23-8-10-26/h2-6,11,13,23H,7-10,12H2,1H3,(H,25,28)/t13-/m1/s1. The van der Waals surface area contributed by atoms with Crippen molar-refractivity contribution in [3.05, 3.63) is 41.4 Å². The Labute approximate surface area is 174 Å². The van der Waals surface area contributed by atoms with Crippen LogP contribution in [-0.4, -0.2) is 50.6 Å². The molecule has 1 fully saturated rings. The highest BCUT2D eigenvalue weighted by Crippen LogP contribution is 2.42. The molecular formula is C21H22ClN5O2. The maximum absolute atomic E-state index is 12.1. The lowest BCUT2D eigenvalue weighted by Gasteiger charge is -2.38. The van der Waals surface area contributed by atoms with E-state index in [0.717, 1.165) is 54.4 Å². The van der Waals surface area contributed by atoms with Gasteiger partial charge in [0.25, 0.3) is 5.91 Å². The zero-order chi connectivity index (χ0) is 20.0. The number of rotatable bonds is 2. The molecule has 0 bridgehead atoms. The van der Waals surface area contributed by atoms with Gasteiger partial charge in [-0.3, -0.25) is 4.79 Å². The molecule has 3 aliphatic heterocycles. The number of piperazine rings is 1. The smallest absolute Gasteiger partial charge is 0.262 e. The largest absolute Gasteiger partial charge is 0.483 e. The van der Waals surface area contributed by atoms with Gasteiger partial charge >= 0.3 is 0 Å². The minimum absolute atomic E-state index is 0.127. The first-order valence-corrected chi connectivity index (χ1v) is 10.2. The van der Waals surface area contributed by atoms with Crippen molar-refractivity contribution in [1.82, 2.24) is 10.7 Å². The van der Waals surface area contributed by atoms with Crippen molar-refractivity contribution in [2.24, 2.45) is 5.10 Å². The monoisotopic (exact) mass is 411 g/mol. The van der Waals surface area contributed by atoms with Gasteiger partial charge in [-0.15, -0.1) is 0 Å². The minimum Gasteiger partial charge on any atom is -0.483 e. The van der Waals surface area contributed by atoms with Crippen LogP contribution >= 0.6 is 11.6 Å². The van der Waals surface area contributed by atoms with Crippen LogP contribution in [0.2, 0.25) is 5.02 Å². The average molecular weight is 412 g/mol. The molecule has 1 atom stereocenters. The van der Waals surface area contributed by atoms with Crippen LogP contribution in [0.3, 0.4) is 0 Å². The summed E-state index contributed by atoms with van der Waals surface area (Å²) in [5.74, 6) is 1.31. The summed E-state index contributed by atoms with van der Waals surface area (Å²) in [5.41, 5.74) is 6.52. The van der Waals surface area contributed by atoms with E-state index < -0.39 is 0 Å². The molecule has 150 valence electrons. The fourth-order valence-corrected chi connectivity index (χ4v) is 4.43. The second-order valence-corrected chi connectivity index (χ2v) is 7.80. The number of hydrazone groups is 1. The number of benzene rings is 2. The molecule has 3 aliphatic rings. The Morgan fingerprint density at radius 1 is 1.17 bits per heavy atom. The molecule has 0 radical (unpaired) electrons. The third-order valence-corrected chi connectivity index (χ3v) is 5.97.